The third-order valence-electron chi connectivity index (χ3n) is 9.33. The van der Waals surface area contributed by atoms with Gasteiger partial charge in [-0.3, -0.25) is 4.57 Å². The minimum Gasteiger partial charge on any atom is -0.456 e. The van der Waals surface area contributed by atoms with Crippen LogP contribution in [0.2, 0.25) is 0 Å². The highest BCUT2D eigenvalue weighted by molar-refractivity contribution is 6.14. The van der Waals surface area contributed by atoms with Crippen LogP contribution in [0.25, 0.3) is 88.7 Å². The van der Waals surface area contributed by atoms with Gasteiger partial charge in [-0.2, -0.15) is 0 Å². The van der Waals surface area contributed by atoms with Crippen LogP contribution >= 0.6 is 0 Å². The molecule has 220 valence electrons. The topological polar surface area (TPSA) is 35.9 Å². The maximum absolute atomic E-state index is 6.46. The number of fused-ring (bicyclic) bond motifs is 7. The summed E-state index contributed by atoms with van der Waals surface area (Å²) >= 11 is 0. The third-order valence-corrected chi connectivity index (χ3v) is 9.33. The summed E-state index contributed by atoms with van der Waals surface area (Å²) in [5.41, 5.74) is 11.7. The minimum atomic E-state index is 0.850. The zero-order chi connectivity index (χ0) is 30.9. The van der Waals surface area contributed by atoms with Gasteiger partial charge in [-0.25, -0.2) is 4.98 Å². The molecule has 4 nitrogen and oxygen atoms in total. The van der Waals surface area contributed by atoms with Crippen LogP contribution in [0.4, 0.5) is 0 Å². The van der Waals surface area contributed by atoms with Crippen LogP contribution in [-0.2, 0) is 0 Å². The fourth-order valence-electron chi connectivity index (χ4n) is 7.25. The van der Waals surface area contributed by atoms with Crippen molar-refractivity contribution in [3.8, 4) is 33.9 Å². The van der Waals surface area contributed by atoms with Gasteiger partial charge in [-0.05, 0) is 83.9 Å². The molecule has 3 aromatic heterocycles. The van der Waals surface area contributed by atoms with E-state index in [1.165, 1.54) is 27.4 Å². The fraction of sp³-hybridized carbons (Fsp3) is 0. The molecule has 0 atom stereocenters. The van der Waals surface area contributed by atoms with Crippen molar-refractivity contribution in [1.29, 1.82) is 0 Å². The van der Waals surface area contributed by atoms with E-state index < -0.39 is 0 Å². The Morgan fingerprint density at radius 2 is 1.06 bits per heavy atom. The number of rotatable bonds is 4. The van der Waals surface area contributed by atoms with Crippen molar-refractivity contribution in [2.75, 3.05) is 0 Å². The molecule has 0 spiro atoms. The predicted molar refractivity (Wildman–Crippen MR) is 194 cm³/mol. The molecule has 0 N–H and O–H groups in total. The second kappa shape index (κ2) is 10.1. The average Bonchev–Trinajstić information content (AvgIpc) is 3.81. The first-order chi connectivity index (χ1) is 23.3. The zero-order valence-electron chi connectivity index (χ0n) is 25.3. The second-order valence-corrected chi connectivity index (χ2v) is 12.0. The van der Waals surface area contributed by atoms with E-state index in [9.17, 15) is 0 Å². The van der Waals surface area contributed by atoms with E-state index in [1.807, 2.05) is 12.1 Å². The predicted octanol–water partition coefficient (Wildman–Crippen LogP) is 11.4. The standard InChI is InChI=1S/C43H27N3O/c1-3-12-30(13-4-1)45-37-19-9-7-16-32(37)34-26-28(22-24-38(34)45)29-23-25-40-35(27-29)42-33(17-11-21-41(42)47-40)43-44-36-18-8-10-20-39(36)46(43)31-14-5-2-6-15-31/h1-27H. The molecule has 0 aliphatic heterocycles. The molecule has 0 fully saturated rings. The number of hydrogen-bond donors (Lipinski definition) is 0. The van der Waals surface area contributed by atoms with Crippen molar-refractivity contribution in [3.05, 3.63) is 164 Å². The number of benzene rings is 7. The van der Waals surface area contributed by atoms with Gasteiger partial charge in [0, 0.05) is 38.5 Å². The van der Waals surface area contributed by atoms with Gasteiger partial charge in [0.05, 0.1) is 22.1 Å². The molecule has 10 rings (SSSR count). The maximum atomic E-state index is 6.46. The number of para-hydroxylation sites is 5. The van der Waals surface area contributed by atoms with Crippen LogP contribution in [-0.4, -0.2) is 14.1 Å². The normalized spacial score (nSPS) is 11.8. The first kappa shape index (κ1) is 25.9. The number of furan rings is 1. The number of imidazole rings is 1. The van der Waals surface area contributed by atoms with Crippen LogP contribution in [0.3, 0.4) is 0 Å². The molecule has 0 saturated carbocycles. The molecule has 0 saturated heterocycles. The van der Waals surface area contributed by atoms with E-state index in [1.54, 1.807) is 0 Å². The lowest BCUT2D eigenvalue weighted by Gasteiger charge is -2.10. The number of nitrogens with zero attached hydrogens (tertiary/aromatic N) is 3. The molecular weight excluding hydrogens is 574 g/mol. The molecule has 0 bridgehead atoms. The fourth-order valence-corrected chi connectivity index (χ4v) is 7.25. The van der Waals surface area contributed by atoms with Gasteiger partial charge in [0.1, 0.15) is 17.0 Å². The van der Waals surface area contributed by atoms with Crippen molar-refractivity contribution in [2.24, 2.45) is 0 Å². The van der Waals surface area contributed by atoms with Crippen LogP contribution < -0.4 is 0 Å². The first-order valence-electron chi connectivity index (χ1n) is 15.9. The van der Waals surface area contributed by atoms with Crippen LogP contribution in [0.1, 0.15) is 0 Å². The van der Waals surface area contributed by atoms with Crippen LogP contribution in [0.15, 0.2) is 168 Å². The Labute approximate surface area is 270 Å². The van der Waals surface area contributed by atoms with Crippen molar-refractivity contribution in [2.45, 2.75) is 0 Å². The summed E-state index contributed by atoms with van der Waals surface area (Å²) in [5, 5.41) is 4.62. The Kier molecular flexibility index (Phi) is 5.54. The minimum absolute atomic E-state index is 0.850. The second-order valence-electron chi connectivity index (χ2n) is 12.0. The van der Waals surface area contributed by atoms with E-state index in [0.29, 0.717) is 0 Å². The molecule has 47 heavy (non-hydrogen) atoms. The summed E-state index contributed by atoms with van der Waals surface area (Å²) in [4.78, 5) is 5.19. The van der Waals surface area contributed by atoms with E-state index in [4.69, 9.17) is 9.40 Å². The lowest BCUT2D eigenvalue weighted by molar-refractivity contribution is 0.669. The lowest BCUT2D eigenvalue weighted by atomic mass is 9.99. The Balaban J connectivity index is 1.20. The molecule has 0 aliphatic carbocycles. The summed E-state index contributed by atoms with van der Waals surface area (Å²) in [5.74, 6) is 0.895. The molecule has 0 aliphatic rings. The summed E-state index contributed by atoms with van der Waals surface area (Å²) in [6, 6.07) is 57.7. The molecule has 3 heterocycles. The monoisotopic (exact) mass is 601 g/mol. The first-order valence-corrected chi connectivity index (χ1v) is 15.9. The van der Waals surface area contributed by atoms with Crippen molar-refractivity contribution in [1.82, 2.24) is 14.1 Å². The summed E-state index contributed by atoms with van der Waals surface area (Å²) in [6.07, 6.45) is 0. The zero-order valence-corrected chi connectivity index (χ0v) is 25.3. The van der Waals surface area contributed by atoms with Crippen LogP contribution in [0.5, 0.6) is 0 Å². The molecule has 7 aromatic carbocycles. The number of hydrogen-bond acceptors (Lipinski definition) is 2. The van der Waals surface area contributed by atoms with Gasteiger partial charge in [0.25, 0.3) is 0 Å². The maximum Gasteiger partial charge on any atom is 0.146 e. The van der Waals surface area contributed by atoms with Crippen molar-refractivity contribution < 1.29 is 4.42 Å². The van der Waals surface area contributed by atoms with Crippen molar-refractivity contribution in [3.63, 3.8) is 0 Å². The van der Waals surface area contributed by atoms with Crippen molar-refractivity contribution >= 4 is 54.8 Å². The lowest BCUT2D eigenvalue weighted by Crippen LogP contribution is -1.97. The average molecular weight is 602 g/mol. The smallest absolute Gasteiger partial charge is 0.146 e. The summed E-state index contributed by atoms with van der Waals surface area (Å²) in [6.45, 7) is 0. The SMILES string of the molecule is c1ccc(-n2c(-c3cccc4oc5ccc(-c6ccc7c(c6)c6ccccc6n7-c6ccccc6)cc5c34)nc3ccccc32)cc1. The Bertz CT molecular complexity index is 2780. The third kappa shape index (κ3) is 3.92. The molecule has 0 radical (unpaired) electrons. The van der Waals surface area contributed by atoms with Crippen LogP contribution in [0, 0.1) is 0 Å². The van der Waals surface area contributed by atoms with E-state index >= 15 is 0 Å². The quantitative estimate of drug-likeness (QED) is 0.201. The van der Waals surface area contributed by atoms with Gasteiger partial charge < -0.3 is 8.98 Å². The molecule has 0 amide bonds. The Hall–Kier alpha value is -6.39. The Morgan fingerprint density at radius 3 is 1.87 bits per heavy atom. The molecule has 0 unspecified atom stereocenters. The van der Waals surface area contributed by atoms with Gasteiger partial charge in [-0.1, -0.05) is 91.0 Å². The largest absolute Gasteiger partial charge is 0.456 e. The van der Waals surface area contributed by atoms with E-state index in [2.05, 4.69) is 161 Å². The highest BCUT2D eigenvalue weighted by atomic mass is 16.3. The van der Waals surface area contributed by atoms with E-state index in [-0.39, 0.29) is 0 Å². The highest BCUT2D eigenvalue weighted by Gasteiger charge is 2.20. The van der Waals surface area contributed by atoms with E-state index in [0.717, 1.165) is 61.3 Å². The summed E-state index contributed by atoms with van der Waals surface area (Å²) in [7, 11) is 0. The van der Waals surface area contributed by atoms with Gasteiger partial charge in [-0.15, -0.1) is 0 Å². The number of aromatic nitrogens is 3. The molecule has 10 aromatic rings. The Morgan fingerprint density at radius 1 is 0.426 bits per heavy atom. The molecular formula is C43H27N3O. The van der Waals surface area contributed by atoms with Gasteiger partial charge >= 0.3 is 0 Å². The molecule has 4 heteroatoms. The van der Waals surface area contributed by atoms with Gasteiger partial charge in [0.2, 0.25) is 0 Å². The van der Waals surface area contributed by atoms with Gasteiger partial charge in [0.15, 0.2) is 0 Å². The highest BCUT2D eigenvalue weighted by Crippen LogP contribution is 2.41. The summed E-state index contributed by atoms with van der Waals surface area (Å²) < 4.78 is 11.1.